The molecule has 1 aromatic rings. The Kier molecular flexibility index (Phi) is 25.9. The summed E-state index contributed by atoms with van der Waals surface area (Å²) in [5.41, 5.74) is 0.829. The second-order valence-electron chi connectivity index (χ2n) is 19.8. The fraction of sp³-hybridized carbons (Fsp3) is 0.736. The zero-order valence-corrected chi connectivity index (χ0v) is 43.8. The molecule has 0 radical (unpaired) electrons. The topological polar surface area (TPSA) is 188 Å². The summed E-state index contributed by atoms with van der Waals surface area (Å²) < 4.78 is 12.0. The third-order valence-corrected chi connectivity index (χ3v) is 15.5. The number of carbonyl (C=O) groups is 8. The van der Waals surface area contributed by atoms with E-state index in [9.17, 15) is 43.5 Å². The maximum Gasteiger partial charge on any atom is 0.307 e. The van der Waals surface area contributed by atoms with Crippen molar-refractivity contribution in [3.8, 4) is 0 Å². The molecule has 3 rings (SSSR count). The number of carboxylic acids is 1. The third kappa shape index (κ3) is 16.5. The number of amides is 5. The number of hydrogen-bond donors (Lipinski definition) is 1. The highest BCUT2D eigenvalue weighted by Crippen LogP contribution is 2.32. The summed E-state index contributed by atoms with van der Waals surface area (Å²) in [6.45, 7) is 14.1. The number of Topliss-reactive ketones (excluding diaryl/α,β-unsaturated/α-hetero) is 2. The molecule has 2 saturated heterocycles. The molecular formula is C53H86N4O11S. The third-order valence-electron chi connectivity index (χ3n) is 14.5. The van der Waals surface area contributed by atoms with Gasteiger partial charge in [0.25, 0.3) is 0 Å². The van der Waals surface area contributed by atoms with Crippen LogP contribution in [0.2, 0.25) is 0 Å². The summed E-state index contributed by atoms with van der Waals surface area (Å²) >= 11 is 1.38. The Balaban J connectivity index is 0.0000163. The number of thioether (sulfide) groups is 1. The first kappa shape index (κ1) is 61.0. The van der Waals surface area contributed by atoms with Crippen molar-refractivity contribution in [1.82, 2.24) is 19.6 Å². The lowest BCUT2D eigenvalue weighted by Crippen LogP contribution is -2.54. The summed E-state index contributed by atoms with van der Waals surface area (Å²) in [5, 5.41) is 9.68. The van der Waals surface area contributed by atoms with Gasteiger partial charge >= 0.3 is 5.97 Å². The molecule has 1 aromatic carbocycles. The summed E-state index contributed by atoms with van der Waals surface area (Å²) in [7, 11) is 6.37. The van der Waals surface area contributed by atoms with Gasteiger partial charge in [0.05, 0.1) is 47.9 Å². The SMILES string of the molecule is C.CC[C@H](C)[C@@H]([C@@H](CC(=O)N1CCC[C@H]1[C@H](OC)[C@@H](C)C(=O)C[C@@H](Cc1ccccc1)C(=O)O)OC)N(C)C(=O)[C@@H](CC(=O)[C@H](C(C)C)N(C)C(=O)CCCCCN1C(=O)CC(SC)C1=O)C(C)C. The lowest BCUT2D eigenvalue weighted by molar-refractivity contribution is -0.150. The van der Waals surface area contributed by atoms with E-state index >= 15 is 0 Å². The van der Waals surface area contributed by atoms with E-state index in [-0.39, 0.29) is 110 Å². The largest absolute Gasteiger partial charge is 0.481 e. The Hall–Kier alpha value is -4.15. The lowest BCUT2D eigenvalue weighted by atomic mass is 9.83. The Bertz CT molecular complexity index is 1860. The van der Waals surface area contributed by atoms with Crippen molar-refractivity contribution < 1.29 is 52.9 Å². The van der Waals surface area contributed by atoms with Crippen molar-refractivity contribution in [1.29, 1.82) is 0 Å². The molecule has 15 nitrogen and oxygen atoms in total. The van der Waals surface area contributed by atoms with Crippen molar-refractivity contribution in [3.05, 3.63) is 35.9 Å². The molecule has 1 N–H and O–H groups in total. The molecule has 2 fully saturated rings. The maximum absolute atomic E-state index is 14.7. The maximum atomic E-state index is 14.7. The first-order valence-corrected chi connectivity index (χ1v) is 26.0. The van der Waals surface area contributed by atoms with Crippen molar-refractivity contribution in [2.45, 2.75) is 169 Å². The van der Waals surface area contributed by atoms with Crippen LogP contribution < -0.4 is 0 Å². The van der Waals surface area contributed by atoms with Gasteiger partial charge in [0, 0.05) is 78.9 Å². The molecule has 0 aromatic heterocycles. The average Bonchev–Trinajstić information content (AvgIpc) is 3.90. The molecule has 10 atom stereocenters. The van der Waals surface area contributed by atoms with Crippen molar-refractivity contribution >= 4 is 58.8 Å². The van der Waals surface area contributed by atoms with Gasteiger partial charge in [0.2, 0.25) is 29.5 Å². The first-order chi connectivity index (χ1) is 32.1. The zero-order valence-electron chi connectivity index (χ0n) is 42.9. The number of likely N-dealkylation sites (tertiary alicyclic amines) is 2. The van der Waals surface area contributed by atoms with E-state index in [0.29, 0.717) is 51.6 Å². The molecule has 16 heteroatoms. The number of ketones is 2. The fourth-order valence-electron chi connectivity index (χ4n) is 10.3. The van der Waals surface area contributed by atoms with Gasteiger partial charge in [0.1, 0.15) is 5.78 Å². The second kappa shape index (κ2) is 29.3. The van der Waals surface area contributed by atoms with Crippen LogP contribution in [0.4, 0.5) is 0 Å². The van der Waals surface area contributed by atoms with Gasteiger partial charge in [-0.1, -0.05) is 99.1 Å². The van der Waals surface area contributed by atoms with E-state index in [1.807, 2.05) is 78.1 Å². The van der Waals surface area contributed by atoms with E-state index in [1.165, 1.54) is 35.8 Å². The molecule has 390 valence electrons. The van der Waals surface area contributed by atoms with Gasteiger partial charge in [-0.3, -0.25) is 43.3 Å². The molecule has 2 heterocycles. The van der Waals surface area contributed by atoms with E-state index in [2.05, 4.69) is 0 Å². The molecule has 0 spiro atoms. The summed E-state index contributed by atoms with van der Waals surface area (Å²) in [6.07, 6.45) is 4.54. The Morgan fingerprint density at radius 2 is 1.51 bits per heavy atom. The van der Waals surface area contributed by atoms with Crippen LogP contribution >= 0.6 is 11.8 Å². The van der Waals surface area contributed by atoms with Gasteiger partial charge in [-0.25, -0.2) is 0 Å². The van der Waals surface area contributed by atoms with E-state index in [1.54, 1.807) is 30.8 Å². The number of aliphatic carboxylic acids is 1. The highest BCUT2D eigenvalue weighted by atomic mass is 32.2. The van der Waals surface area contributed by atoms with Gasteiger partial charge in [-0.2, -0.15) is 11.8 Å². The van der Waals surface area contributed by atoms with Gasteiger partial charge < -0.3 is 29.3 Å². The molecule has 1 unspecified atom stereocenters. The van der Waals surface area contributed by atoms with Crippen LogP contribution in [-0.2, 0) is 54.3 Å². The number of hydrogen-bond acceptors (Lipinski definition) is 11. The second-order valence-corrected chi connectivity index (χ2v) is 20.9. The zero-order chi connectivity index (χ0) is 51.0. The molecular weight excluding hydrogens is 901 g/mol. The number of carbonyl (C=O) groups excluding carboxylic acids is 7. The molecule has 0 bridgehead atoms. The van der Waals surface area contributed by atoms with Crippen LogP contribution in [-0.4, -0.2) is 155 Å². The Labute approximate surface area is 417 Å². The predicted octanol–water partition coefficient (Wildman–Crippen LogP) is 7.21. The quantitative estimate of drug-likeness (QED) is 0.0604. The fourth-order valence-corrected chi connectivity index (χ4v) is 10.9. The standard InChI is InChI=1S/C52H82N4O11S.CH4/c1-13-34(6)48(42(66-10)30-45(60)55-26-20-23-39(55)49(67-11)35(7)40(57)28-37(52(64)65)27-36-21-16-14-17-22-36)54(9)50(62)38(32(2)3)29-41(58)47(33(4)5)53(8)44(59)24-18-15-19-25-56-46(61)31-43(68-12)51(56)63;/h14,16-17,21-22,32-35,37-39,42-43,47-49H,13,15,18-20,23-31H2,1-12H3,(H,64,65);1H4/t34-,35-,37+,38-,39-,42+,43?,47-,48-,49+;/m0./s1. The van der Waals surface area contributed by atoms with Crippen molar-refractivity contribution in [2.75, 3.05) is 47.7 Å². The van der Waals surface area contributed by atoms with E-state index < -0.39 is 54.1 Å². The first-order valence-electron chi connectivity index (χ1n) is 24.7. The summed E-state index contributed by atoms with van der Waals surface area (Å²) in [6, 6.07) is 7.49. The predicted molar refractivity (Wildman–Crippen MR) is 270 cm³/mol. The highest BCUT2D eigenvalue weighted by Gasteiger charge is 2.44. The molecule has 2 aliphatic rings. The van der Waals surface area contributed by atoms with Gasteiger partial charge in [-0.15, -0.1) is 0 Å². The van der Waals surface area contributed by atoms with Gasteiger partial charge in [0.15, 0.2) is 5.78 Å². The Morgan fingerprint density at radius 1 is 0.855 bits per heavy atom. The minimum Gasteiger partial charge on any atom is -0.481 e. The smallest absolute Gasteiger partial charge is 0.307 e. The average molecular weight is 987 g/mol. The minimum absolute atomic E-state index is 0. The summed E-state index contributed by atoms with van der Waals surface area (Å²) in [5.74, 6) is -5.30. The van der Waals surface area contributed by atoms with Crippen LogP contribution in [0.5, 0.6) is 0 Å². The van der Waals surface area contributed by atoms with Crippen LogP contribution in [0.25, 0.3) is 0 Å². The molecule has 2 aliphatic heterocycles. The van der Waals surface area contributed by atoms with E-state index in [0.717, 1.165) is 5.56 Å². The normalized spacial score (nSPS) is 19.6. The molecule has 5 amide bonds. The number of rotatable bonds is 30. The Morgan fingerprint density at radius 3 is 2.04 bits per heavy atom. The lowest BCUT2D eigenvalue weighted by Gasteiger charge is -2.41. The van der Waals surface area contributed by atoms with Crippen LogP contribution in [0.15, 0.2) is 30.3 Å². The number of unbranched alkanes of at least 4 members (excludes halogenated alkanes) is 2. The monoisotopic (exact) mass is 987 g/mol. The number of methoxy groups -OCH3 is 2. The highest BCUT2D eigenvalue weighted by molar-refractivity contribution is 8.00. The number of carboxylic acid groups (broad SMARTS) is 1. The molecule has 0 aliphatic carbocycles. The van der Waals surface area contributed by atoms with Crippen LogP contribution in [0.3, 0.4) is 0 Å². The minimum atomic E-state index is -1.05. The van der Waals surface area contributed by atoms with Crippen LogP contribution in [0, 0.1) is 35.5 Å². The van der Waals surface area contributed by atoms with Gasteiger partial charge in [-0.05, 0) is 61.7 Å². The number of benzene rings is 1. The van der Waals surface area contributed by atoms with E-state index in [4.69, 9.17) is 9.47 Å². The van der Waals surface area contributed by atoms with Crippen molar-refractivity contribution in [3.63, 3.8) is 0 Å². The number of nitrogens with zero attached hydrogens (tertiary/aromatic N) is 4. The number of ether oxygens (including phenoxy) is 2. The van der Waals surface area contributed by atoms with Crippen LogP contribution in [0.1, 0.15) is 132 Å². The number of likely N-dealkylation sites (N-methyl/N-ethyl adjacent to an activating group) is 2. The summed E-state index contributed by atoms with van der Waals surface area (Å²) in [4.78, 5) is 114. The molecule has 0 saturated carbocycles. The van der Waals surface area contributed by atoms with Crippen molar-refractivity contribution in [2.24, 2.45) is 35.5 Å². The molecule has 69 heavy (non-hydrogen) atoms. The number of imide groups is 1.